The lowest BCUT2D eigenvalue weighted by Gasteiger charge is -2.34. The highest BCUT2D eigenvalue weighted by Gasteiger charge is 2.47. The van der Waals surface area contributed by atoms with E-state index in [1.807, 2.05) is 6.92 Å². The molecule has 15 heavy (non-hydrogen) atoms. The van der Waals surface area contributed by atoms with Gasteiger partial charge in [-0.25, -0.2) is 0 Å². The van der Waals surface area contributed by atoms with Gasteiger partial charge in [0.2, 0.25) is 0 Å². The van der Waals surface area contributed by atoms with Gasteiger partial charge in [-0.05, 0) is 43.4 Å². The van der Waals surface area contributed by atoms with Crippen LogP contribution >= 0.6 is 0 Å². The Labute approximate surface area is 91.4 Å². The summed E-state index contributed by atoms with van der Waals surface area (Å²) in [5, 5.41) is 0. The first-order chi connectivity index (χ1) is 7.08. The maximum absolute atomic E-state index is 11.1. The van der Waals surface area contributed by atoms with E-state index in [-0.39, 0.29) is 11.3 Å². The van der Waals surface area contributed by atoms with E-state index < -0.39 is 0 Å². The lowest BCUT2D eigenvalue weighted by Crippen LogP contribution is -2.29. The van der Waals surface area contributed by atoms with Gasteiger partial charge in [0, 0.05) is 11.3 Å². The lowest BCUT2D eigenvalue weighted by molar-refractivity contribution is -0.118. The van der Waals surface area contributed by atoms with Crippen LogP contribution in [0.5, 0.6) is 0 Å². The highest BCUT2D eigenvalue weighted by atomic mass is 16.1. The fourth-order valence-corrected chi connectivity index (χ4v) is 3.86. The van der Waals surface area contributed by atoms with Crippen LogP contribution in [0, 0.1) is 29.1 Å². The van der Waals surface area contributed by atoms with Crippen molar-refractivity contribution in [2.75, 3.05) is 0 Å². The molecule has 0 aromatic rings. The second kappa shape index (κ2) is 3.73. The van der Waals surface area contributed by atoms with Crippen molar-refractivity contribution in [2.24, 2.45) is 29.1 Å². The van der Waals surface area contributed by atoms with Gasteiger partial charge in [-0.2, -0.15) is 0 Å². The second-order valence-electron chi connectivity index (χ2n) is 5.94. The van der Waals surface area contributed by atoms with Gasteiger partial charge >= 0.3 is 0 Å². The first-order valence-corrected chi connectivity index (χ1v) is 5.99. The lowest BCUT2D eigenvalue weighted by atomic mass is 9.70. The molecule has 2 fully saturated rings. The number of fused-ring (bicyclic) bond motifs is 2. The molecule has 84 valence electrons. The van der Waals surface area contributed by atoms with Gasteiger partial charge in [0.15, 0.2) is 0 Å². The number of rotatable bonds is 3. The summed E-state index contributed by atoms with van der Waals surface area (Å²) >= 11 is 0. The van der Waals surface area contributed by atoms with Crippen LogP contribution in [0.25, 0.3) is 0 Å². The summed E-state index contributed by atoms with van der Waals surface area (Å²) in [6.45, 7) is 4.10. The summed E-state index contributed by atoms with van der Waals surface area (Å²) < 4.78 is 0. The average molecular weight is 208 g/mol. The molecule has 2 aliphatic carbocycles. The van der Waals surface area contributed by atoms with Crippen LogP contribution in [0.2, 0.25) is 0 Å². The van der Waals surface area contributed by atoms with Gasteiger partial charge in [-0.3, -0.25) is 0 Å². The van der Waals surface area contributed by atoms with Crippen LogP contribution in [0.4, 0.5) is 0 Å². The van der Waals surface area contributed by atoms with Crippen molar-refractivity contribution < 1.29 is 9.59 Å². The maximum Gasteiger partial charge on any atom is 0.125 e. The highest BCUT2D eigenvalue weighted by Crippen LogP contribution is 2.54. The first-order valence-electron chi connectivity index (χ1n) is 5.99. The quantitative estimate of drug-likeness (QED) is 0.668. The standard InChI is InChI=1S/C13H20O2/c1-9(7-14)12-4-10-3-11(12)6-13(2,5-10)8-15/h7-12H,3-6H2,1-2H3. The topological polar surface area (TPSA) is 34.1 Å². The minimum atomic E-state index is -0.106. The Morgan fingerprint density at radius 3 is 2.60 bits per heavy atom. The van der Waals surface area contributed by atoms with E-state index in [9.17, 15) is 9.59 Å². The third kappa shape index (κ3) is 1.86. The van der Waals surface area contributed by atoms with Crippen LogP contribution in [-0.2, 0) is 9.59 Å². The van der Waals surface area contributed by atoms with E-state index in [2.05, 4.69) is 6.92 Å². The Hall–Kier alpha value is -0.660. The van der Waals surface area contributed by atoms with Crippen LogP contribution in [0.1, 0.15) is 39.5 Å². The van der Waals surface area contributed by atoms with E-state index in [0.717, 1.165) is 31.8 Å². The largest absolute Gasteiger partial charge is 0.303 e. The summed E-state index contributed by atoms with van der Waals surface area (Å²) in [7, 11) is 0. The highest BCUT2D eigenvalue weighted by molar-refractivity contribution is 5.59. The minimum absolute atomic E-state index is 0.106. The Kier molecular flexibility index (Phi) is 2.70. The van der Waals surface area contributed by atoms with Crippen LogP contribution < -0.4 is 0 Å². The van der Waals surface area contributed by atoms with Gasteiger partial charge in [-0.15, -0.1) is 0 Å². The van der Waals surface area contributed by atoms with E-state index in [1.54, 1.807) is 0 Å². The normalized spacial score (nSPS) is 46.1. The number of carbonyl (C=O) groups is 2. The summed E-state index contributed by atoms with van der Waals surface area (Å²) in [5.74, 6) is 2.01. The molecule has 5 unspecified atom stereocenters. The van der Waals surface area contributed by atoms with Crippen LogP contribution in [0.15, 0.2) is 0 Å². The molecular formula is C13H20O2. The molecule has 2 aliphatic rings. The van der Waals surface area contributed by atoms with Crippen molar-refractivity contribution in [3.63, 3.8) is 0 Å². The molecule has 0 amide bonds. The monoisotopic (exact) mass is 208 g/mol. The summed E-state index contributed by atoms with van der Waals surface area (Å²) in [4.78, 5) is 21.9. The van der Waals surface area contributed by atoms with E-state index in [0.29, 0.717) is 17.8 Å². The second-order valence-corrected chi connectivity index (χ2v) is 5.94. The summed E-state index contributed by atoms with van der Waals surface area (Å²) in [5.41, 5.74) is -0.106. The smallest absolute Gasteiger partial charge is 0.125 e. The van der Waals surface area contributed by atoms with Crippen molar-refractivity contribution in [1.82, 2.24) is 0 Å². The predicted molar refractivity (Wildman–Crippen MR) is 58.3 cm³/mol. The van der Waals surface area contributed by atoms with E-state index in [1.165, 1.54) is 6.42 Å². The summed E-state index contributed by atoms with van der Waals surface area (Å²) in [6.07, 6.45) is 6.66. The number of carbonyl (C=O) groups excluding carboxylic acids is 2. The fourth-order valence-electron chi connectivity index (χ4n) is 3.86. The molecule has 2 heteroatoms. The molecule has 0 aromatic carbocycles. The third-order valence-electron chi connectivity index (χ3n) is 4.51. The molecule has 2 rings (SSSR count). The van der Waals surface area contributed by atoms with Crippen LogP contribution in [0.3, 0.4) is 0 Å². The Morgan fingerprint density at radius 2 is 2.00 bits per heavy atom. The minimum Gasteiger partial charge on any atom is -0.303 e. The molecule has 2 saturated carbocycles. The Balaban J connectivity index is 2.12. The molecule has 0 radical (unpaired) electrons. The number of hydrogen-bond donors (Lipinski definition) is 0. The maximum atomic E-state index is 11.1. The third-order valence-corrected chi connectivity index (χ3v) is 4.51. The molecular weight excluding hydrogens is 188 g/mol. The van der Waals surface area contributed by atoms with Gasteiger partial charge in [-0.1, -0.05) is 13.8 Å². The predicted octanol–water partition coefficient (Wildman–Crippen LogP) is 2.46. The van der Waals surface area contributed by atoms with Crippen molar-refractivity contribution >= 4 is 12.6 Å². The number of hydrogen-bond acceptors (Lipinski definition) is 2. The molecule has 2 nitrogen and oxygen atoms in total. The SMILES string of the molecule is CC(C=O)C1CC2CC1CC(C)(C=O)C2. The van der Waals surface area contributed by atoms with E-state index in [4.69, 9.17) is 0 Å². The fraction of sp³-hybridized carbons (Fsp3) is 0.846. The number of aldehydes is 2. The zero-order chi connectivity index (χ0) is 11.1. The summed E-state index contributed by atoms with van der Waals surface area (Å²) in [6, 6.07) is 0. The van der Waals surface area contributed by atoms with Crippen molar-refractivity contribution in [2.45, 2.75) is 39.5 Å². The first kappa shape index (κ1) is 10.8. The molecule has 0 N–H and O–H groups in total. The molecule has 0 spiro atoms. The zero-order valence-corrected chi connectivity index (χ0v) is 9.61. The zero-order valence-electron chi connectivity index (χ0n) is 9.61. The molecule has 0 aromatic heterocycles. The average Bonchev–Trinajstić information content (AvgIpc) is 2.53. The Bertz CT molecular complexity index is 274. The van der Waals surface area contributed by atoms with Crippen LogP contribution in [-0.4, -0.2) is 12.6 Å². The van der Waals surface area contributed by atoms with Crippen molar-refractivity contribution in [1.29, 1.82) is 0 Å². The van der Waals surface area contributed by atoms with Gasteiger partial charge < -0.3 is 9.59 Å². The van der Waals surface area contributed by atoms with Crippen molar-refractivity contribution in [3.8, 4) is 0 Å². The molecule has 5 atom stereocenters. The van der Waals surface area contributed by atoms with E-state index >= 15 is 0 Å². The molecule has 0 saturated heterocycles. The van der Waals surface area contributed by atoms with Gasteiger partial charge in [0.1, 0.15) is 12.6 Å². The Morgan fingerprint density at radius 1 is 1.27 bits per heavy atom. The molecule has 0 aliphatic heterocycles. The van der Waals surface area contributed by atoms with Crippen molar-refractivity contribution in [3.05, 3.63) is 0 Å². The molecule has 2 bridgehead atoms. The van der Waals surface area contributed by atoms with Gasteiger partial charge in [0.05, 0.1) is 0 Å². The van der Waals surface area contributed by atoms with Gasteiger partial charge in [0.25, 0.3) is 0 Å². The molecule has 0 heterocycles.